The van der Waals surface area contributed by atoms with E-state index in [2.05, 4.69) is 9.88 Å². The van der Waals surface area contributed by atoms with Crippen molar-refractivity contribution in [3.05, 3.63) is 47.8 Å². The number of hydrogen-bond acceptors (Lipinski definition) is 5. The monoisotopic (exact) mass is 550 g/mol. The summed E-state index contributed by atoms with van der Waals surface area (Å²) in [5.41, 5.74) is -1.24. The van der Waals surface area contributed by atoms with Crippen LogP contribution in [0.1, 0.15) is 49.8 Å². The number of benzene rings is 1. The maximum absolute atomic E-state index is 13.6. The Hall–Kier alpha value is -2.79. The predicted octanol–water partition coefficient (Wildman–Crippen LogP) is 5.67. The summed E-state index contributed by atoms with van der Waals surface area (Å²) in [6.07, 6.45) is 0.974. The van der Waals surface area contributed by atoms with Crippen molar-refractivity contribution in [2.75, 3.05) is 36.1 Å². The van der Waals surface area contributed by atoms with E-state index >= 15 is 0 Å². The van der Waals surface area contributed by atoms with E-state index in [1.165, 1.54) is 18.0 Å². The van der Waals surface area contributed by atoms with E-state index in [0.717, 1.165) is 45.0 Å². The van der Waals surface area contributed by atoms with E-state index in [9.17, 15) is 22.4 Å². The van der Waals surface area contributed by atoms with Crippen molar-refractivity contribution < 1.29 is 27.1 Å². The summed E-state index contributed by atoms with van der Waals surface area (Å²) in [6, 6.07) is 8.29. The zero-order valence-corrected chi connectivity index (χ0v) is 22.0. The Bertz CT molecular complexity index is 1190. The molecule has 1 amide bonds. The summed E-state index contributed by atoms with van der Waals surface area (Å²) in [6.45, 7) is 3.49. The van der Waals surface area contributed by atoms with Crippen LogP contribution in [0.2, 0.25) is 0 Å². The number of anilines is 2. The number of ether oxygens (including phenoxy) is 1. The number of nitrogens with zero attached hydrogens (tertiary/aromatic N) is 4. The number of carbonyl (C=O) groups excluding carboxylic acids is 1. The second kappa shape index (κ2) is 10.4. The van der Waals surface area contributed by atoms with E-state index < -0.39 is 17.3 Å². The van der Waals surface area contributed by atoms with Gasteiger partial charge in [-0.1, -0.05) is 0 Å². The molecule has 3 fully saturated rings. The average Bonchev–Trinajstić information content (AvgIpc) is 3.10. The summed E-state index contributed by atoms with van der Waals surface area (Å²) >= 11 is 5.69. The maximum Gasteiger partial charge on any atom is 0.418 e. The summed E-state index contributed by atoms with van der Waals surface area (Å²) in [4.78, 5) is 22.7. The molecule has 1 spiro atoms. The van der Waals surface area contributed by atoms with Gasteiger partial charge in [-0.05, 0) is 88.0 Å². The zero-order chi connectivity index (χ0) is 27.1. The van der Waals surface area contributed by atoms with Crippen LogP contribution in [-0.4, -0.2) is 58.9 Å². The molecule has 6 nitrogen and oxygen atoms in total. The molecule has 1 aromatic carbocycles. The van der Waals surface area contributed by atoms with Gasteiger partial charge in [0.2, 0.25) is 0 Å². The fraction of sp³-hybridized carbons (Fsp3) is 0.519. The Morgan fingerprint density at radius 2 is 1.82 bits per heavy atom. The van der Waals surface area contributed by atoms with Gasteiger partial charge in [0.05, 0.1) is 24.1 Å². The van der Waals surface area contributed by atoms with Crippen LogP contribution in [-0.2, 0) is 11.0 Å². The van der Waals surface area contributed by atoms with E-state index in [1.54, 1.807) is 4.90 Å². The molecule has 1 aliphatic carbocycles. The minimum atomic E-state index is -4.59. The van der Waals surface area contributed by atoms with Crippen LogP contribution in [0.15, 0.2) is 36.5 Å². The third kappa shape index (κ3) is 4.86. The second-order valence-corrected chi connectivity index (χ2v) is 10.5. The van der Waals surface area contributed by atoms with Gasteiger partial charge in [-0.15, -0.1) is 0 Å². The highest BCUT2D eigenvalue weighted by molar-refractivity contribution is 7.81. The van der Waals surface area contributed by atoms with Crippen molar-refractivity contribution in [2.45, 2.75) is 63.3 Å². The molecule has 0 N–H and O–H groups in total. The molecule has 1 aromatic heterocycles. The fourth-order valence-corrected chi connectivity index (χ4v) is 6.01. The van der Waals surface area contributed by atoms with Crippen LogP contribution in [0.25, 0.3) is 0 Å². The Balaban J connectivity index is 1.33. The van der Waals surface area contributed by atoms with Gasteiger partial charge in [0.25, 0.3) is 5.91 Å². The number of alkyl halides is 4. The number of hydrogen-bond donors (Lipinski definition) is 0. The van der Waals surface area contributed by atoms with E-state index in [4.69, 9.17) is 17.0 Å². The van der Waals surface area contributed by atoms with Crippen LogP contribution < -0.4 is 14.5 Å². The lowest BCUT2D eigenvalue weighted by molar-refractivity contribution is -0.138. The van der Waals surface area contributed by atoms with Gasteiger partial charge in [-0.2, -0.15) is 13.2 Å². The van der Waals surface area contributed by atoms with Gasteiger partial charge in [-0.3, -0.25) is 19.1 Å². The van der Waals surface area contributed by atoms with Crippen LogP contribution >= 0.6 is 12.2 Å². The number of thiocarbonyl (C=S) groups is 1. The summed E-state index contributed by atoms with van der Waals surface area (Å²) in [5.74, 6) is 0.372. The molecule has 3 heterocycles. The van der Waals surface area contributed by atoms with Crippen molar-refractivity contribution in [2.24, 2.45) is 0 Å². The zero-order valence-electron chi connectivity index (χ0n) is 21.1. The molecule has 2 aliphatic heterocycles. The molecule has 2 saturated heterocycles. The maximum atomic E-state index is 13.6. The Kier molecular flexibility index (Phi) is 7.34. The van der Waals surface area contributed by atoms with Gasteiger partial charge in [0, 0.05) is 31.0 Å². The largest absolute Gasteiger partial charge is 0.490 e. The van der Waals surface area contributed by atoms with Crippen LogP contribution in [0.5, 0.6) is 5.75 Å². The average molecular weight is 551 g/mol. The molecule has 1 saturated carbocycles. The smallest absolute Gasteiger partial charge is 0.418 e. The van der Waals surface area contributed by atoms with Gasteiger partial charge in [0.15, 0.2) is 5.11 Å². The Morgan fingerprint density at radius 3 is 2.39 bits per heavy atom. The normalized spacial score (nSPS) is 20.3. The standard InChI is InChI=1S/C27H30F4N4O2S/c1-18-23(27(29,30)31)16-20(17-32-18)34-24(36)26(10-2-11-26)35(25(34)38)19-4-6-21(7-5-19)37-22-8-14-33(15-9-22)13-3-12-28/h4-7,16-17,22H,2-3,8-15H2,1H3. The lowest BCUT2D eigenvalue weighted by atomic mass is 9.75. The summed E-state index contributed by atoms with van der Waals surface area (Å²) in [7, 11) is 0. The number of carbonyl (C=O) groups is 1. The van der Waals surface area contributed by atoms with E-state index in [-0.39, 0.29) is 35.2 Å². The van der Waals surface area contributed by atoms with Crippen LogP contribution in [0.3, 0.4) is 0 Å². The van der Waals surface area contributed by atoms with Crippen LogP contribution in [0.4, 0.5) is 28.9 Å². The van der Waals surface area contributed by atoms with Crippen molar-refractivity contribution >= 4 is 34.6 Å². The molecule has 0 bridgehead atoms. The first-order valence-electron chi connectivity index (χ1n) is 12.9. The highest BCUT2D eigenvalue weighted by Crippen LogP contribution is 2.48. The minimum absolute atomic E-state index is 0.0181. The molecule has 3 aliphatic rings. The molecule has 2 aromatic rings. The molecule has 5 rings (SSSR count). The van der Waals surface area contributed by atoms with Gasteiger partial charge in [0.1, 0.15) is 17.4 Å². The minimum Gasteiger partial charge on any atom is -0.490 e. The number of piperidine rings is 1. The summed E-state index contributed by atoms with van der Waals surface area (Å²) in [5, 5.41) is 0.141. The second-order valence-electron chi connectivity index (χ2n) is 10.2. The van der Waals surface area contributed by atoms with Crippen molar-refractivity contribution in [1.82, 2.24) is 9.88 Å². The molecule has 11 heteroatoms. The third-order valence-corrected chi connectivity index (χ3v) is 8.13. The van der Waals surface area contributed by atoms with Gasteiger partial charge in [-0.25, -0.2) is 0 Å². The molecule has 38 heavy (non-hydrogen) atoms. The lowest BCUT2D eigenvalue weighted by Gasteiger charge is -2.43. The first-order valence-corrected chi connectivity index (χ1v) is 13.3. The Morgan fingerprint density at radius 1 is 1.13 bits per heavy atom. The number of aryl methyl sites for hydroxylation is 1. The molecule has 204 valence electrons. The van der Waals surface area contributed by atoms with Crippen molar-refractivity contribution in [3.63, 3.8) is 0 Å². The predicted molar refractivity (Wildman–Crippen MR) is 140 cm³/mol. The van der Waals surface area contributed by atoms with E-state index in [0.29, 0.717) is 30.7 Å². The molecular weight excluding hydrogens is 520 g/mol. The first-order chi connectivity index (χ1) is 18.1. The van der Waals surface area contributed by atoms with Crippen molar-refractivity contribution in [3.8, 4) is 5.75 Å². The number of pyridine rings is 1. The first kappa shape index (κ1) is 26.8. The van der Waals surface area contributed by atoms with E-state index in [1.807, 2.05) is 24.3 Å². The molecular formula is C27H30F4N4O2S. The number of halogens is 4. The molecule has 0 atom stereocenters. The molecule has 0 radical (unpaired) electrons. The van der Waals surface area contributed by atoms with Gasteiger partial charge >= 0.3 is 6.18 Å². The van der Waals surface area contributed by atoms with Crippen LogP contribution in [0, 0.1) is 6.92 Å². The number of rotatable bonds is 7. The quantitative estimate of drug-likeness (QED) is 0.327. The molecule has 0 unspecified atom stereocenters. The summed E-state index contributed by atoms with van der Waals surface area (Å²) < 4.78 is 59.2. The highest BCUT2D eigenvalue weighted by atomic mass is 32.1. The fourth-order valence-electron chi connectivity index (χ4n) is 5.54. The van der Waals surface area contributed by atoms with Gasteiger partial charge < -0.3 is 14.5 Å². The van der Waals surface area contributed by atoms with Crippen molar-refractivity contribution in [1.29, 1.82) is 0 Å². The topological polar surface area (TPSA) is 48.9 Å². The number of likely N-dealkylation sites (tertiary alicyclic amines) is 1. The number of amides is 1. The Labute approximate surface area is 224 Å². The SMILES string of the molecule is Cc1ncc(N2C(=O)C3(CCC3)N(c3ccc(OC4CCN(CCCF)CC4)cc3)C2=S)cc1C(F)(F)F. The lowest BCUT2D eigenvalue weighted by Crippen LogP contribution is -2.55. The third-order valence-electron chi connectivity index (χ3n) is 7.77. The number of aromatic nitrogens is 1. The highest BCUT2D eigenvalue weighted by Gasteiger charge is 2.59.